The van der Waals surface area contributed by atoms with Crippen LogP contribution in [0, 0.1) is 0 Å². The summed E-state index contributed by atoms with van der Waals surface area (Å²) in [7, 11) is 1.64. The van der Waals surface area contributed by atoms with E-state index in [2.05, 4.69) is 21.2 Å². The van der Waals surface area contributed by atoms with Crippen LogP contribution in [-0.2, 0) is 4.74 Å². The number of ether oxygens (including phenoxy) is 1. The number of nitrogens with one attached hydrogen (secondary N) is 1. The number of halogens is 2. The Hall–Kier alpha value is -0.580. The largest absolute Gasteiger partial charge is 0.385 e. The number of rotatable bonds is 5. The van der Waals surface area contributed by atoms with Crippen LogP contribution >= 0.6 is 27.5 Å². The van der Waals surface area contributed by atoms with E-state index in [4.69, 9.17) is 16.3 Å². The van der Waals surface area contributed by atoms with E-state index in [9.17, 15) is 4.79 Å². The molecule has 3 nitrogen and oxygen atoms in total. The molecule has 0 atom stereocenters. The van der Waals surface area contributed by atoms with Gasteiger partial charge in [0, 0.05) is 30.3 Å². The molecule has 0 aliphatic rings. The molecular formula is C11H13BrClNO2. The van der Waals surface area contributed by atoms with E-state index >= 15 is 0 Å². The van der Waals surface area contributed by atoms with E-state index in [1.807, 2.05) is 0 Å². The van der Waals surface area contributed by atoms with Crippen LogP contribution in [0.3, 0.4) is 0 Å². The summed E-state index contributed by atoms with van der Waals surface area (Å²) >= 11 is 9.11. The number of amides is 1. The number of hydrogen-bond donors (Lipinski definition) is 1. The third-order valence-corrected chi connectivity index (χ3v) is 3.21. The topological polar surface area (TPSA) is 38.3 Å². The van der Waals surface area contributed by atoms with Gasteiger partial charge >= 0.3 is 0 Å². The summed E-state index contributed by atoms with van der Waals surface area (Å²) in [4.78, 5) is 11.7. The molecule has 1 aromatic carbocycles. The highest BCUT2D eigenvalue weighted by molar-refractivity contribution is 9.10. The van der Waals surface area contributed by atoms with Crippen molar-refractivity contribution in [1.29, 1.82) is 0 Å². The Kier molecular flexibility index (Phi) is 5.80. The van der Waals surface area contributed by atoms with Crippen LogP contribution in [0.2, 0.25) is 5.02 Å². The van der Waals surface area contributed by atoms with Gasteiger partial charge in [-0.2, -0.15) is 0 Å². The third-order valence-electron chi connectivity index (χ3n) is 1.99. The molecule has 0 bridgehead atoms. The first-order chi connectivity index (χ1) is 7.65. The molecular weight excluding hydrogens is 293 g/mol. The summed E-state index contributed by atoms with van der Waals surface area (Å²) in [6.07, 6.45) is 0.803. The van der Waals surface area contributed by atoms with Crippen LogP contribution in [-0.4, -0.2) is 26.2 Å². The summed E-state index contributed by atoms with van der Waals surface area (Å²) in [5.74, 6) is -0.103. The Balaban J connectivity index is 2.50. The maximum Gasteiger partial charge on any atom is 0.251 e. The molecule has 0 radical (unpaired) electrons. The van der Waals surface area contributed by atoms with E-state index in [0.717, 1.165) is 10.9 Å². The molecule has 0 aliphatic carbocycles. The van der Waals surface area contributed by atoms with Crippen molar-refractivity contribution in [3.8, 4) is 0 Å². The molecule has 0 spiro atoms. The molecule has 1 rings (SSSR count). The summed E-state index contributed by atoms with van der Waals surface area (Å²) in [5, 5.41) is 3.39. The number of methoxy groups -OCH3 is 1. The third kappa shape index (κ3) is 4.12. The van der Waals surface area contributed by atoms with Crippen molar-refractivity contribution in [1.82, 2.24) is 5.32 Å². The zero-order valence-electron chi connectivity index (χ0n) is 8.93. The maximum atomic E-state index is 11.7. The molecule has 1 amide bonds. The second-order valence-electron chi connectivity index (χ2n) is 3.23. The van der Waals surface area contributed by atoms with Gasteiger partial charge < -0.3 is 10.1 Å². The minimum atomic E-state index is -0.103. The van der Waals surface area contributed by atoms with Crippen molar-refractivity contribution >= 4 is 33.4 Å². The maximum absolute atomic E-state index is 11.7. The van der Waals surface area contributed by atoms with Crippen LogP contribution < -0.4 is 5.32 Å². The zero-order chi connectivity index (χ0) is 12.0. The van der Waals surface area contributed by atoms with Gasteiger partial charge in [0.15, 0.2) is 0 Å². The summed E-state index contributed by atoms with van der Waals surface area (Å²) < 4.78 is 5.61. The fourth-order valence-corrected chi connectivity index (χ4v) is 1.65. The van der Waals surface area contributed by atoms with E-state index in [0.29, 0.717) is 23.7 Å². The number of carbonyl (C=O) groups is 1. The van der Waals surface area contributed by atoms with Gasteiger partial charge in [0.1, 0.15) is 0 Å². The standard InChI is InChI=1S/C11H13BrClNO2/c1-16-6-2-5-14-11(15)8-3-4-10(13)9(12)7-8/h3-4,7H,2,5-6H2,1H3,(H,14,15). The van der Waals surface area contributed by atoms with Crippen molar-refractivity contribution in [3.05, 3.63) is 33.3 Å². The molecule has 1 N–H and O–H groups in total. The Morgan fingerprint density at radius 3 is 2.94 bits per heavy atom. The molecule has 0 aromatic heterocycles. The van der Waals surface area contributed by atoms with Crippen molar-refractivity contribution < 1.29 is 9.53 Å². The number of carbonyl (C=O) groups excluding carboxylic acids is 1. The Labute approximate surface area is 108 Å². The first kappa shape index (κ1) is 13.5. The van der Waals surface area contributed by atoms with Crippen LogP contribution in [0.5, 0.6) is 0 Å². The monoisotopic (exact) mass is 305 g/mol. The van der Waals surface area contributed by atoms with Crippen LogP contribution in [0.4, 0.5) is 0 Å². The molecule has 0 saturated carbocycles. The summed E-state index contributed by atoms with van der Waals surface area (Å²) in [6, 6.07) is 5.09. The highest BCUT2D eigenvalue weighted by Gasteiger charge is 2.06. The summed E-state index contributed by atoms with van der Waals surface area (Å²) in [5.41, 5.74) is 0.591. The van der Waals surface area contributed by atoms with Gasteiger partial charge in [-0.05, 0) is 40.5 Å². The lowest BCUT2D eigenvalue weighted by Gasteiger charge is -2.05. The van der Waals surface area contributed by atoms with Crippen molar-refractivity contribution in [2.24, 2.45) is 0 Å². The molecule has 0 unspecified atom stereocenters. The Bertz CT molecular complexity index is 371. The fraction of sp³-hybridized carbons (Fsp3) is 0.364. The molecule has 1 aromatic rings. The Morgan fingerprint density at radius 2 is 2.31 bits per heavy atom. The first-order valence-electron chi connectivity index (χ1n) is 4.87. The molecule has 0 heterocycles. The highest BCUT2D eigenvalue weighted by atomic mass is 79.9. The lowest BCUT2D eigenvalue weighted by molar-refractivity contribution is 0.0948. The second-order valence-corrected chi connectivity index (χ2v) is 4.49. The smallest absolute Gasteiger partial charge is 0.251 e. The zero-order valence-corrected chi connectivity index (χ0v) is 11.3. The van der Waals surface area contributed by atoms with Crippen molar-refractivity contribution in [2.45, 2.75) is 6.42 Å². The van der Waals surface area contributed by atoms with Crippen LogP contribution in [0.1, 0.15) is 16.8 Å². The lowest BCUT2D eigenvalue weighted by atomic mass is 10.2. The van der Waals surface area contributed by atoms with Gasteiger partial charge in [-0.15, -0.1) is 0 Å². The van der Waals surface area contributed by atoms with Gasteiger partial charge in [-0.25, -0.2) is 0 Å². The molecule has 5 heteroatoms. The lowest BCUT2D eigenvalue weighted by Crippen LogP contribution is -2.25. The van der Waals surface area contributed by atoms with E-state index in [-0.39, 0.29) is 5.91 Å². The van der Waals surface area contributed by atoms with Gasteiger partial charge in [0.25, 0.3) is 5.91 Å². The van der Waals surface area contributed by atoms with Gasteiger partial charge in [0.05, 0.1) is 5.02 Å². The minimum Gasteiger partial charge on any atom is -0.385 e. The SMILES string of the molecule is COCCCNC(=O)c1ccc(Cl)c(Br)c1. The van der Waals surface area contributed by atoms with Crippen molar-refractivity contribution in [3.63, 3.8) is 0 Å². The molecule has 0 aliphatic heterocycles. The molecule has 0 fully saturated rings. The van der Waals surface area contributed by atoms with E-state index in [1.165, 1.54) is 0 Å². The Morgan fingerprint density at radius 1 is 1.56 bits per heavy atom. The minimum absolute atomic E-state index is 0.103. The highest BCUT2D eigenvalue weighted by Crippen LogP contribution is 2.23. The van der Waals surface area contributed by atoms with Crippen LogP contribution in [0.25, 0.3) is 0 Å². The van der Waals surface area contributed by atoms with E-state index < -0.39 is 0 Å². The normalized spacial score (nSPS) is 10.2. The van der Waals surface area contributed by atoms with E-state index in [1.54, 1.807) is 25.3 Å². The average molecular weight is 307 g/mol. The predicted octanol–water partition coefficient (Wildman–Crippen LogP) is 2.87. The molecule has 16 heavy (non-hydrogen) atoms. The fourth-order valence-electron chi connectivity index (χ4n) is 1.16. The summed E-state index contributed by atoms with van der Waals surface area (Å²) in [6.45, 7) is 1.25. The second kappa shape index (κ2) is 6.89. The van der Waals surface area contributed by atoms with Gasteiger partial charge in [0.2, 0.25) is 0 Å². The molecule has 0 saturated heterocycles. The van der Waals surface area contributed by atoms with Crippen molar-refractivity contribution in [2.75, 3.05) is 20.3 Å². The number of hydrogen-bond acceptors (Lipinski definition) is 2. The average Bonchev–Trinajstić information content (AvgIpc) is 2.28. The van der Waals surface area contributed by atoms with Gasteiger partial charge in [-0.1, -0.05) is 11.6 Å². The molecule has 88 valence electrons. The number of benzene rings is 1. The predicted molar refractivity (Wildman–Crippen MR) is 68.0 cm³/mol. The quantitative estimate of drug-likeness (QED) is 0.850. The van der Waals surface area contributed by atoms with Gasteiger partial charge in [-0.3, -0.25) is 4.79 Å². The first-order valence-corrected chi connectivity index (χ1v) is 6.04. The van der Waals surface area contributed by atoms with Crippen LogP contribution in [0.15, 0.2) is 22.7 Å².